The Morgan fingerprint density at radius 1 is 1.25 bits per heavy atom. The monoisotopic (exact) mass is 499 g/mol. The fourth-order valence-corrected chi connectivity index (χ4v) is 4.07. The molecule has 0 spiro atoms. The van der Waals surface area contributed by atoms with Gasteiger partial charge in [-0.3, -0.25) is 10.1 Å². The molecule has 1 aliphatic rings. The highest BCUT2D eigenvalue weighted by Gasteiger charge is 2.31. The van der Waals surface area contributed by atoms with Crippen LogP contribution in [-0.4, -0.2) is 57.6 Å². The molecule has 32 heavy (non-hydrogen) atoms. The van der Waals surface area contributed by atoms with Gasteiger partial charge < -0.3 is 19.8 Å². The number of oxime groups is 1. The molecule has 1 aliphatic heterocycles. The van der Waals surface area contributed by atoms with Gasteiger partial charge in [0.05, 0.1) is 21.7 Å². The first-order valence-corrected chi connectivity index (χ1v) is 11.0. The van der Waals surface area contributed by atoms with E-state index in [2.05, 4.69) is 49.8 Å². The van der Waals surface area contributed by atoms with Crippen LogP contribution in [0, 0.1) is 10.1 Å². The van der Waals surface area contributed by atoms with E-state index in [0.29, 0.717) is 41.4 Å². The number of hydrogen-bond donors (Lipinski definition) is 2. The lowest BCUT2D eigenvalue weighted by Crippen LogP contribution is -2.26. The fraction of sp³-hybridized carbons (Fsp3) is 0.273. The number of nitrogens with zero attached hydrogens (tertiary/aromatic N) is 4. The van der Waals surface area contributed by atoms with Crippen molar-refractivity contribution in [2.75, 3.05) is 26.2 Å². The largest absolute Gasteiger partial charge is 0.494 e. The van der Waals surface area contributed by atoms with Gasteiger partial charge in [-0.15, -0.1) is 0 Å². The quantitative estimate of drug-likeness (QED) is 0.263. The van der Waals surface area contributed by atoms with Gasteiger partial charge in [-0.1, -0.05) is 41.0 Å². The number of nitro benzene ring substituents is 1. The lowest BCUT2D eigenvalue weighted by atomic mass is 10.0. The Morgan fingerprint density at radius 2 is 2.03 bits per heavy atom. The maximum atomic E-state index is 11.3. The van der Waals surface area contributed by atoms with E-state index in [1.54, 1.807) is 6.07 Å². The minimum atomic E-state index is -0.460. The van der Waals surface area contributed by atoms with Crippen LogP contribution in [0.1, 0.15) is 25.0 Å². The number of aromatic nitrogens is 1. The summed E-state index contributed by atoms with van der Waals surface area (Å²) in [5.41, 5.74) is 2.89. The van der Waals surface area contributed by atoms with Crippen molar-refractivity contribution < 1.29 is 14.9 Å². The Bertz CT molecular complexity index is 1250. The number of nitrogens with one attached hydrogen (secondary N) is 1. The second kappa shape index (κ2) is 9.09. The summed E-state index contributed by atoms with van der Waals surface area (Å²) in [7, 11) is 0. The smallest absolute Gasteiger partial charge is 0.270 e. The number of halogens is 1. The van der Waals surface area contributed by atoms with Crippen molar-refractivity contribution >= 4 is 49.6 Å². The Balaban J connectivity index is 1.76. The number of H-pyrrole nitrogens is 1. The Morgan fingerprint density at radius 3 is 2.75 bits per heavy atom. The van der Waals surface area contributed by atoms with Crippen LogP contribution in [0.15, 0.2) is 51.0 Å². The number of aromatic amines is 1. The third-order valence-corrected chi connectivity index (χ3v) is 5.92. The van der Waals surface area contributed by atoms with Crippen molar-refractivity contribution in [3.8, 4) is 5.88 Å². The van der Waals surface area contributed by atoms with Crippen LogP contribution in [0.25, 0.3) is 10.9 Å². The molecule has 2 heterocycles. The van der Waals surface area contributed by atoms with E-state index in [1.165, 1.54) is 12.1 Å². The SMILES string of the molecule is CCN(CC)CCON=C1C(c2c(O)[nH]c3cc(Br)ccc23)=Nc2ccc([N+](=O)[O-])cc21. The van der Waals surface area contributed by atoms with Gasteiger partial charge in [0.2, 0.25) is 0 Å². The number of non-ortho nitro benzene ring substituents is 1. The van der Waals surface area contributed by atoms with Crippen LogP contribution in [0.4, 0.5) is 11.4 Å². The van der Waals surface area contributed by atoms with E-state index in [9.17, 15) is 15.2 Å². The van der Waals surface area contributed by atoms with Crippen molar-refractivity contribution in [1.29, 1.82) is 0 Å². The van der Waals surface area contributed by atoms with Crippen LogP contribution in [0.5, 0.6) is 5.88 Å². The first kappa shape index (κ1) is 22.0. The van der Waals surface area contributed by atoms with Crippen molar-refractivity contribution in [3.05, 3.63) is 62.1 Å². The molecule has 9 nitrogen and oxygen atoms in total. The highest BCUT2D eigenvalue weighted by molar-refractivity contribution is 9.10. The summed E-state index contributed by atoms with van der Waals surface area (Å²) in [5.74, 6) is -0.0602. The zero-order chi connectivity index (χ0) is 22.8. The number of nitro groups is 1. The molecule has 0 amide bonds. The molecule has 2 N–H and O–H groups in total. The second-order valence-corrected chi connectivity index (χ2v) is 8.17. The number of rotatable bonds is 8. The summed E-state index contributed by atoms with van der Waals surface area (Å²) < 4.78 is 0.860. The molecule has 1 aromatic heterocycles. The molecule has 0 aliphatic carbocycles. The van der Waals surface area contributed by atoms with Gasteiger partial charge in [0.25, 0.3) is 5.69 Å². The summed E-state index contributed by atoms with van der Waals surface area (Å²) in [5, 5.41) is 27.1. The molecule has 0 radical (unpaired) electrons. The van der Waals surface area contributed by atoms with Crippen molar-refractivity contribution in [1.82, 2.24) is 9.88 Å². The third-order valence-electron chi connectivity index (χ3n) is 5.43. The van der Waals surface area contributed by atoms with Gasteiger partial charge in [0.15, 0.2) is 5.88 Å². The summed E-state index contributed by atoms with van der Waals surface area (Å²) in [6.07, 6.45) is 0. The Labute approximate surface area is 192 Å². The van der Waals surface area contributed by atoms with E-state index < -0.39 is 4.92 Å². The molecule has 2 aromatic carbocycles. The number of fused-ring (bicyclic) bond motifs is 2. The van der Waals surface area contributed by atoms with E-state index in [-0.39, 0.29) is 11.6 Å². The predicted molar refractivity (Wildman–Crippen MR) is 127 cm³/mol. The maximum absolute atomic E-state index is 11.3. The summed E-state index contributed by atoms with van der Waals surface area (Å²) in [4.78, 5) is 26.3. The van der Waals surface area contributed by atoms with Crippen LogP contribution >= 0.6 is 15.9 Å². The van der Waals surface area contributed by atoms with Crippen molar-refractivity contribution in [2.24, 2.45) is 10.1 Å². The molecular formula is C22H22BrN5O4. The molecule has 166 valence electrons. The van der Waals surface area contributed by atoms with Crippen molar-refractivity contribution in [2.45, 2.75) is 13.8 Å². The van der Waals surface area contributed by atoms with Gasteiger partial charge in [-0.25, -0.2) is 4.99 Å². The molecule has 4 rings (SSSR count). The third kappa shape index (κ3) is 4.11. The van der Waals surface area contributed by atoms with Crippen LogP contribution in [0.2, 0.25) is 0 Å². The maximum Gasteiger partial charge on any atom is 0.270 e. The number of aromatic hydroxyl groups is 1. The second-order valence-electron chi connectivity index (χ2n) is 7.26. The average molecular weight is 500 g/mol. The molecule has 0 saturated heterocycles. The fourth-order valence-electron chi connectivity index (χ4n) is 3.71. The highest BCUT2D eigenvalue weighted by atomic mass is 79.9. The van der Waals surface area contributed by atoms with Crippen molar-refractivity contribution in [3.63, 3.8) is 0 Å². The van der Waals surface area contributed by atoms with Crippen LogP contribution < -0.4 is 0 Å². The van der Waals surface area contributed by atoms with Crippen LogP contribution in [-0.2, 0) is 4.84 Å². The molecule has 3 aromatic rings. The van der Waals surface area contributed by atoms with Gasteiger partial charge in [0, 0.05) is 34.1 Å². The number of benzene rings is 2. The van der Waals surface area contributed by atoms with Crippen LogP contribution in [0.3, 0.4) is 0 Å². The first-order chi connectivity index (χ1) is 15.4. The van der Waals surface area contributed by atoms with Gasteiger partial charge in [0.1, 0.15) is 18.0 Å². The Kier molecular flexibility index (Phi) is 6.24. The number of hydrogen-bond acceptors (Lipinski definition) is 7. The van der Waals surface area contributed by atoms with Gasteiger partial charge >= 0.3 is 0 Å². The van der Waals surface area contributed by atoms with Gasteiger partial charge in [-0.2, -0.15) is 0 Å². The van der Waals surface area contributed by atoms with E-state index >= 15 is 0 Å². The minimum Gasteiger partial charge on any atom is -0.494 e. The summed E-state index contributed by atoms with van der Waals surface area (Å²) >= 11 is 3.43. The Hall–Kier alpha value is -3.24. The summed E-state index contributed by atoms with van der Waals surface area (Å²) in [6.45, 7) is 7.00. The molecular weight excluding hydrogens is 478 g/mol. The molecule has 0 unspecified atom stereocenters. The molecule has 0 atom stereocenters. The van der Waals surface area contributed by atoms with E-state index in [1.807, 2.05) is 18.2 Å². The summed E-state index contributed by atoms with van der Waals surface area (Å²) in [6, 6.07) is 9.98. The normalized spacial score (nSPS) is 14.2. The molecule has 0 bridgehead atoms. The lowest BCUT2D eigenvalue weighted by Gasteiger charge is -2.16. The molecule has 0 saturated carbocycles. The van der Waals surface area contributed by atoms with E-state index in [4.69, 9.17) is 4.84 Å². The molecule has 0 fully saturated rings. The number of likely N-dealkylation sites (N-methyl/N-ethyl adjacent to an activating group) is 1. The van der Waals surface area contributed by atoms with Gasteiger partial charge in [-0.05, 0) is 31.3 Å². The number of aliphatic imine (C=N–C) groups is 1. The topological polar surface area (TPSA) is 116 Å². The average Bonchev–Trinajstić information content (AvgIpc) is 3.28. The standard InChI is InChI=1S/C22H22BrN5O4/c1-3-27(4-2)9-10-32-26-20-16-12-14(28(30)31)6-8-17(16)24-21(20)19-15-7-5-13(23)11-18(15)25-22(19)29/h5-8,11-12,25,29H,3-4,9-10H2,1-2H3. The van der Waals surface area contributed by atoms with E-state index in [0.717, 1.165) is 28.5 Å². The first-order valence-electron chi connectivity index (χ1n) is 10.2. The zero-order valence-corrected chi connectivity index (χ0v) is 19.2. The lowest BCUT2D eigenvalue weighted by molar-refractivity contribution is -0.384. The minimum absolute atomic E-state index is 0.0602. The molecule has 10 heteroatoms. The zero-order valence-electron chi connectivity index (χ0n) is 17.6. The predicted octanol–water partition coefficient (Wildman–Crippen LogP) is 4.74. The highest BCUT2D eigenvalue weighted by Crippen LogP contribution is 2.37.